The van der Waals surface area contributed by atoms with Crippen molar-refractivity contribution in [2.45, 2.75) is 0 Å². The standard InChI is InChI=1S/C52H32/c1-3-10-33(11-4-1)47-29-38-14-7-8-15-39(38)30-49(47)41-23-26-45-44-25-22-40(28-42(44)32-48(50(45)31-41)34-12-5-2-6-13-34)43-24-20-37-19-18-35-16-9-17-36-21-27-46(43)52(37)51(35)36/h1-32H. The van der Waals surface area contributed by atoms with Gasteiger partial charge in [-0.15, -0.1) is 0 Å². The van der Waals surface area contributed by atoms with Crippen LogP contribution in [-0.2, 0) is 0 Å². The molecule has 240 valence electrons. The van der Waals surface area contributed by atoms with E-state index in [9.17, 15) is 0 Å². The van der Waals surface area contributed by atoms with Crippen LogP contribution in [0.4, 0.5) is 0 Å². The number of benzene rings is 11. The fourth-order valence-corrected chi connectivity index (χ4v) is 8.68. The van der Waals surface area contributed by atoms with Gasteiger partial charge in [-0.3, -0.25) is 0 Å². The molecule has 0 spiro atoms. The predicted octanol–water partition coefficient (Wildman–Crippen LogP) is 14.7. The SMILES string of the molecule is c1ccc(-c2cc3ccccc3cc2-c2ccc3c(c2)c(-c2ccccc2)cc2cc(-c4ccc5ccc6cccc7ccc4c5c67)ccc23)cc1. The summed E-state index contributed by atoms with van der Waals surface area (Å²) in [4.78, 5) is 0. The molecule has 0 heteroatoms. The highest BCUT2D eigenvalue weighted by molar-refractivity contribution is 6.26. The van der Waals surface area contributed by atoms with Crippen molar-refractivity contribution in [3.05, 3.63) is 194 Å². The van der Waals surface area contributed by atoms with E-state index in [1.807, 2.05) is 0 Å². The van der Waals surface area contributed by atoms with Crippen molar-refractivity contribution in [1.82, 2.24) is 0 Å². The zero-order valence-electron chi connectivity index (χ0n) is 28.5. The first-order valence-corrected chi connectivity index (χ1v) is 18.1. The quantitative estimate of drug-likeness (QED) is 0.165. The molecule has 0 aliphatic rings. The van der Waals surface area contributed by atoms with Crippen molar-refractivity contribution in [3.8, 4) is 44.5 Å². The zero-order chi connectivity index (χ0) is 34.2. The van der Waals surface area contributed by atoms with Gasteiger partial charge >= 0.3 is 0 Å². The largest absolute Gasteiger partial charge is 0.0622 e. The molecule has 11 aromatic carbocycles. The van der Waals surface area contributed by atoms with Crippen LogP contribution in [0.25, 0.3) is 109 Å². The second-order valence-corrected chi connectivity index (χ2v) is 14.1. The van der Waals surface area contributed by atoms with Gasteiger partial charge in [-0.1, -0.05) is 164 Å². The molecule has 0 amide bonds. The first-order chi connectivity index (χ1) is 25.8. The van der Waals surface area contributed by atoms with Crippen molar-refractivity contribution >= 4 is 64.6 Å². The van der Waals surface area contributed by atoms with Crippen molar-refractivity contribution in [1.29, 1.82) is 0 Å². The Morgan fingerprint density at radius 2 is 0.692 bits per heavy atom. The summed E-state index contributed by atoms with van der Waals surface area (Å²) in [6.07, 6.45) is 0. The topological polar surface area (TPSA) is 0 Å². The highest BCUT2D eigenvalue weighted by Gasteiger charge is 2.16. The first-order valence-electron chi connectivity index (χ1n) is 18.1. The van der Waals surface area contributed by atoms with Crippen molar-refractivity contribution in [3.63, 3.8) is 0 Å². The van der Waals surface area contributed by atoms with Crippen LogP contribution in [0, 0.1) is 0 Å². The predicted molar refractivity (Wildman–Crippen MR) is 224 cm³/mol. The van der Waals surface area contributed by atoms with Crippen LogP contribution in [0.3, 0.4) is 0 Å². The molecule has 0 atom stereocenters. The summed E-state index contributed by atoms with van der Waals surface area (Å²) >= 11 is 0. The second kappa shape index (κ2) is 11.4. The minimum atomic E-state index is 1.22. The molecule has 11 rings (SSSR count). The van der Waals surface area contributed by atoms with Gasteiger partial charge in [-0.25, -0.2) is 0 Å². The van der Waals surface area contributed by atoms with Crippen LogP contribution < -0.4 is 0 Å². The molecule has 0 heterocycles. The lowest BCUT2D eigenvalue weighted by molar-refractivity contribution is 1.61. The van der Waals surface area contributed by atoms with Crippen molar-refractivity contribution in [2.75, 3.05) is 0 Å². The van der Waals surface area contributed by atoms with Gasteiger partial charge in [0.05, 0.1) is 0 Å². The summed E-state index contributed by atoms with van der Waals surface area (Å²) in [6, 6.07) is 72.0. The maximum atomic E-state index is 2.42. The molecule has 0 nitrogen and oxygen atoms in total. The Morgan fingerprint density at radius 3 is 1.40 bits per heavy atom. The molecule has 0 saturated carbocycles. The third-order valence-corrected chi connectivity index (χ3v) is 11.2. The minimum absolute atomic E-state index is 1.22. The molecule has 0 fully saturated rings. The van der Waals surface area contributed by atoms with Crippen molar-refractivity contribution in [2.24, 2.45) is 0 Å². The van der Waals surface area contributed by atoms with Crippen LogP contribution in [0.2, 0.25) is 0 Å². The number of rotatable bonds is 4. The van der Waals surface area contributed by atoms with Gasteiger partial charge in [0.1, 0.15) is 0 Å². The highest BCUT2D eigenvalue weighted by atomic mass is 14.2. The van der Waals surface area contributed by atoms with Gasteiger partial charge in [0, 0.05) is 0 Å². The average Bonchev–Trinajstić information content (AvgIpc) is 3.22. The zero-order valence-corrected chi connectivity index (χ0v) is 28.5. The summed E-state index contributed by atoms with van der Waals surface area (Å²) in [5.74, 6) is 0. The lowest BCUT2D eigenvalue weighted by Crippen LogP contribution is -1.90. The van der Waals surface area contributed by atoms with Gasteiger partial charge in [0.2, 0.25) is 0 Å². The van der Waals surface area contributed by atoms with E-state index in [2.05, 4.69) is 194 Å². The molecule has 52 heavy (non-hydrogen) atoms. The Kier molecular flexibility index (Phi) is 6.35. The van der Waals surface area contributed by atoms with E-state index in [0.29, 0.717) is 0 Å². The maximum Gasteiger partial charge on any atom is -0.00206 e. The van der Waals surface area contributed by atoms with Crippen LogP contribution in [0.5, 0.6) is 0 Å². The fraction of sp³-hybridized carbons (Fsp3) is 0. The molecular formula is C52H32. The molecule has 0 radical (unpaired) electrons. The highest BCUT2D eigenvalue weighted by Crippen LogP contribution is 2.43. The van der Waals surface area contributed by atoms with Gasteiger partial charge < -0.3 is 0 Å². The summed E-state index contributed by atoms with van der Waals surface area (Å²) in [7, 11) is 0. The Morgan fingerprint density at radius 1 is 0.192 bits per heavy atom. The van der Waals surface area contributed by atoms with Gasteiger partial charge in [0.15, 0.2) is 0 Å². The van der Waals surface area contributed by atoms with Crippen molar-refractivity contribution < 1.29 is 0 Å². The van der Waals surface area contributed by atoms with E-state index in [0.717, 1.165) is 0 Å². The molecule has 0 unspecified atom stereocenters. The molecule has 0 aliphatic heterocycles. The average molecular weight is 657 g/mol. The molecule has 0 bridgehead atoms. The summed E-state index contributed by atoms with van der Waals surface area (Å²) < 4.78 is 0. The normalized spacial score (nSPS) is 11.8. The smallest absolute Gasteiger partial charge is 0.00206 e. The Labute approximate surface area is 302 Å². The minimum Gasteiger partial charge on any atom is -0.0622 e. The van der Waals surface area contributed by atoms with Crippen LogP contribution in [0.1, 0.15) is 0 Å². The van der Waals surface area contributed by atoms with E-state index in [1.165, 1.54) is 109 Å². The Balaban J connectivity index is 1.15. The Hall–Kier alpha value is -6.76. The second-order valence-electron chi connectivity index (χ2n) is 14.1. The molecular weight excluding hydrogens is 625 g/mol. The van der Waals surface area contributed by atoms with E-state index in [4.69, 9.17) is 0 Å². The van der Waals surface area contributed by atoms with E-state index >= 15 is 0 Å². The Bertz CT molecular complexity index is 3140. The first kappa shape index (κ1) is 29.0. The lowest BCUT2D eigenvalue weighted by atomic mass is 9.86. The van der Waals surface area contributed by atoms with Crippen LogP contribution >= 0.6 is 0 Å². The fourth-order valence-electron chi connectivity index (χ4n) is 8.68. The summed E-state index contributed by atoms with van der Waals surface area (Å²) in [6.45, 7) is 0. The van der Waals surface area contributed by atoms with Crippen LogP contribution in [-0.4, -0.2) is 0 Å². The molecule has 0 saturated heterocycles. The van der Waals surface area contributed by atoms with Crippen LogP contribution in [0.15, 0.2) is 194 Å². The van der Waals surface area contributed by atoms with Gasteiger partial charge in [-0.05, 0) is 139 Å². The number of hydrogen-bond acceptors (Lipinski definition) is 0. The molecule has 0 N–H and O–H groups in total. The molecule has 11 aromatic rings. The van der Waals surface area contributed by atoms with Gasteiger partial charge in [0.25, 0.3) is 0 Å². The third kappa shape index (κ3) is 4.48. The van der Waals surface area contributed by atoms with Gasteiger partial charge in [-0.2, -0.15) is 0 Å². The van der Waals surface area contributed by atoms with E-state index in [1.54, 1.807) is 0 Å². The van der Waals surface area contributed by atoms with E-state index in [-0.39, 0.29) is 0 Å². The van der Waals surface area contributed by atoms with E-state index < -0.39 is 0 Å². The molecule has 0 aromatic heterocycles. The summed E-state index contributed by atoms with van der Waals surface area (Å²) in [5, 5.41) is 15.4. The third-order valence-electron chi connectivity index (χ3n) is 11.2. The number of fused-ring (bicyclic) bond motifs is 4. The maximum absolute atomic E-state index is 2.42. The molecule has 0 aliphatic carbocycles. The monoisotopic (exact) mass is 656 g/mol. The number of hydrogen-bond donors (Lipinski definition) is 0. The summed E-state index contributed by atoms with van der Waals surface area (Å²) in [5.41, 5.74) is 9.93. The lowest BCUT2D eigenvalue weighted by Gasteiger charge is -2.17.